The Morgan fingerprint density at radius 1 is 1.12 bits per heavy atom. The van der Waals surface area contributed by atoms with Crippen molar-refractivity contribution in [2.75, 3.05) is 18.9 Å². The molecule has 0 aliphatic carbocycles. The van der Waals surface area contributed by atoms with E-state index in [-0.39, 0.29) is 24.7 Å². The van der Waals surface area contributed by atoms with Gasteiger partial charge in [0.25, 0.3) is 5.91 Å². The summed E-state index contributed by atoms with van der Waals surface area (Å²) in [4.78, 5) is 14.8. The van der Waals surface area contributed by atoms with Crippen molar-refractivity contribution >= 4 is 15.7 Å². The number of carbonyl (C=O) groups is 1. The molecule has 0 aromatic heterocycles. The maximum Gasteiger partial charge on any atom is 0.257 e. The van der Waals surface area contributed by atoms with E-state index in [1.54, 1.807) is 47.4 Å². The van der Waals surface area contributed by atoms with Crippen molar-refractivity contribution in [1.29, 1.82) is 0 Å². The maximum absolute atomic E-state index is 12.9. The molecular weight excluding hydrogens is 326 g/mol. The van der Waals surface area contributed by atoms with Crippen LogP contribution in [-0.2, 0) is 16.4 Å². The summed E-state index contributed by atoms with van der Waals surface area (Å²) in [6.45, 7) is 2.75. The molecule has 0 fully saturated rings. The van der Waals surface area contributed by atoms with Gasteiger partial charge in [0.2, 0.25) is 0 Å². The molecule has 0 saturated heterocycles. The van der Waals surface area contributed by atoms with Crippen LogP contribution in [0.2, 0.25) is 0 Å². The van der Waals surface area contributed by atoms with E-state index in [4.69, 9.17) is 4.74 Å². The number of hydrogen-bond acceptors (Lipinski definition) is 4. The minimum Gasteiger partial charge on any atom is -0.493 e. The second-order valence-electron chi connectivity index (χ2n) is 5.58. The van der Waals surface area contributed by atoms with Crippen LogP contribution in [0.4, 0.5) is 0 Å². The molecule has 6 heteroatoms. The van der Waals surface area contributed by atoms with Crippen LogP contribution in [-0.4, -0.2) is 38.1 Å². The summed E-state index contributed by atoms with van der Waals surface area (Å²) >= 11 is 0. The van der Waals surface area contributed by atoms with Crippen LogP contribution in [0.1, 0.15) is 22.8 Å². The average molecular weight is 345 g/mol. The molecule has 0 saturated carbocycles. The largest absolute Gasteiger partial charge is 0.493 e. The summed E-state index contributed by atoms with van der Waals surface area (Å²) in [5.74, 6) is 0.225. The zero-order chi connectivity index (χ0) is 17.2. The van der Waals surface area contributed by atoms with Gasteiger partial charge in [-0.25, -0.2) is 8.42 Å². The number of fused-ring (bicyclic) bond motifs is 1. The summed E-state index contributed by atoms with van der Waals surface area (Å²) in [6.07, 6.45) is 0. The van der Waals surface area contributed by atoms with Crippen LogP contribution in [0.25, 0.3) is 0 Å². The van der Waals surface area contributed by atoms with Gasteiger partial charge in [0.1, 0.15) is 5.75 Å². The van der Waals surface area contributed by atoms with Gasteiger partial charge in [-0.2, -0.15) is 0 Å². The number of para-hydroxylation sites is 1. The highest BCUT2D eigenvalue weighted by Crippen LogP contribution is 2.26. The van der Waals surface area contributed by atoms with Crippen molar-refractivity contribution in [1.82, 2.24) is 4.90 Å². The molecule has 126 valence electrons. The molecule has 1 heterocycles. The third-order valence-electron chi connectivity index (χ3n) is 4.00. The Hall–Kier alpha value is -2.34. The third kappa shape index (κ3) is 3.14. The SMILES string of the molecule is CCOc1ccccc1C(=O)N1CCS(=O)(=O)c2ccccc2C1. The van der Waals surface area contributed by atoms with E-state index in [0.29, 0.717) is 28.4 Å². The van der Waals surface area contributed by atoms with Crippen molar-refractivity contribution in [2.45, 2.75) is 18.4 Å². The van der Waals surface area contributed by atoms with Gasteiger partial charge in [0.15, 0.2) is 9.84 Å². The molecule has 0 N–H and O–H groups in total. The van der Waals surface area contributed by atoms with Gasteiger partial charge in [-0.15, -0.1) is 0 Å². The molecule has 3 rings (SSSR count). The lowest BCUT2D eigenvalue weighted by molar-refractivity contribution is 0.0750. The van der Waals surface area contributed by atoms with E-state index >= 15 is 0 Å². The van der Waals surface area contributed by atoms with Crippen LogP contribution in [0.3, 0.4) is 0 Å². The molecule has 0 bridgehead atoms. The first-order valence-corrected chi connectivity index (χ1v) is 9.50. The minimum atomic E-state index is -3.37. The van der Waals surface area contributed by atoms with Crippen molar-refractivity contribution in [3.63, 3.8) is 0 Å². The van der Waals surface area contributed by atoms with Crippen molar-refractivity contribution in [2.24, 2.45) is 0 Å². The highest BCUT2D eigenvalue weighted by Gasteiger charge is 2.28. The highest BCUT2D eigenvalue weighted by atomic mass is 32.2. The Morgan fingerprint density at radius 2 is 1.83 bits per heavy atom. The topological polar surface area (TPSA) is 63.7 Å². The fourth-order valence-electron chi connectivity index (χ4n) is 2.83. The lowest BCUT2D eigenvalue weighted by Gasteiger charge is -2.21. The van der Waals surface area contributed by atoms with E-state index in [1.165, 1.54) is 0 Å². The second kappa shape index (κ2) is 6.65. The Bertz CT molecular complexity index is 861. The van der Waals surface area contributed by atoms with Gasteiger partial charge in [0, 0.05) is 13.1 Å². The molecule has 2 aromatic carbocycles. The smallest absolute Gasteiger partial charge is 0.257 e. The first-order valence-electron chi connectivity index (χ1n) is 7.84. The second-order valence-corrected chi connectivity index (χ2v) is 7.66. The van der Waals surface area contributed by atoms with Crippen molar-refractivity contribution in [3.8, 4) is 5.75 Å². The van der Waals surface area contributed by atoms with E-state index in [9.17, 15) is 13.2 Å². The van der Waals surface area contributed by atoms with Gasteiger partial charge in [-0.3, -0.25) is 4.79 Å². The van der Waals surface area contributed by atoms with Gasteiger partial charge < -0.3 is 9.64 Å². The normalized spacial score (nSPS) is 16.1. The number of rotatable bonds is 3. The fraction of sp³-hybridized carbons (Fsp3) is 0.278. The highest BCUT2D eigenvalue weighted by molar-refractivity contribution is 7.91. The van der Waals surface area contributed by atoms with Crippen LogP contribution < -0.4 is 4.74 Å². The Morgan fingerprint density at radius 3 is 2.62 bits per heavy atom. The molecule has 5 nitrogen and oxygen atoms in total. The molecule has 2 aromatic rings. The van der Waals surface area contributed by atoms with Gasteiger partial charge >= 0.3 is 0 Å². The van der Waals surface area contributed by atoms with Crippen LogP contribution in [0, 0.1) is 0 Å². The standard InChI is InChI=1S/C18H19NO4S/c1-2-23-16-9-5-4-8-15(16)18(20)19-11-12-24(21,22)17-10-6-3-7-14(17)13-19/h3-10H,2,11-13H2,1H3. The average Bonchev–Trinajstić information content (AvgIpc) is 2.72. The van der Waals surface area contributed by atoms with Crippen molar-refractivity contribution in [3.05, 3.63) is 59.7 Å². The van der Waals surface area contributed by atoms with Crippen LogP contribution in [0.15, 0.2) is 53.4 Å². The molecule has 0 radical (unpaired) electrons. The summed E-state index contributed by atoms with van der Waals surface area (Å²) in [5.41, 5.74) is 1.10. The Balaban J connectivity index is 1.96. The van der Waals surface area contributed by atoms with Gasteiger partial charge in [-0.05, 0) is 30.7 Å². The number of hydrogen-bond donors (Lipinski definition) is 0. The van der Waals surface area contributed by atoms with E-state index in [1.807, 2.05) is 13.0 Å². The number of sulfone groups is 1. The van der Waals surface area contributed by atoms with E-state index in [0.717, 1.165) is 0 Å². The predicted octanol–water partition coefficient (Wildman–Crippen LogP) is 2.52. The monoisotopic (exact) mass is 345 g/mol. The molecule has 1 amide bonds. The zero-order valence-electron chi connectivity index (χ0n) is 13.4. The number of amides is 1. The fourth-order valence-corrected chi connectivity index (χ4v) is 4.33. The molecule has 1 aliphatic heterocycles. The van der Waals surface area contributed by atoms with Gasteiger partial charge in [0.05, 0.1) is 22.8 Å². The minimum absolute atomic E-state index is 0.0768. The molecule has 0 unspecified atom stereocenters. The number of ether oxygens (including phenoxy) is 1. The predicted molar refractivity (Wildman–Crippen MR) is 90.8 cm³/mol. The molecular formula is C18H19NO4S. The van der Waals surface area contributed by atoms with Crippen molar-refractivity contribution < 1.29 is 17.9 Å². The molecule has 1 aliphatic rings. The van der Waals surface area contributed by atoms with Crippen LogP contribution in [0.5, 0.6) is 5.75 Å². The van der Waals surface area contributed by atoms with Gasteiger partial charge in [-0.1, -0.05) is 30.3 Å². The first-order chi connectivity index (χ1) is 11.5. The lowest BCUT2D eigenvalue weighted by Crippen LogP contribution is -2.32. The summed E-state index contributed by atoms with van der Waals surface area (Å²) in [7, 11) is -3.37. The number of carbonyl (C=O) groups excluding carboxylic acids is 1. The molecule has 0 spiro atoms. The Labute approximate surface area is 141 Å². The maximum atomic E-state index is 12.9. The van der Waals surface area contributed by atoms with E-state index in [2.05, 4.69) is 0 Å². The zero-order valence-corrected chi connectivity index (χ0v) is 14.3. The quantitative estimate of drug-likeness (QED) is 0.857. The summed E-state index contributed by atoms with van der Waals surface area (Å²) < 4.78 is 30.3. The summed E-state index contributed by atoms with van der Waals surface area (Å²) in [6, 6.07) is 13.9. The number of nitrogens with zero attached hydrogens (tertiary/aromatic N) is 1. The summed E-state index contributed by atoms with van der Waals surface area (Å²) in [5, 5.41) is 0. The van der Waals surface area contributed by atoms with Crippen LogP contribution >= 0.6 is 0 Å². The number of benzene rings is 2. The Kier molecular flexibility index (Phi) is 4.57. The molecule has 24 heavy (non-hydrogen) atoms. The lowest BCUT2D eigenvalue weighted by atomic mass is 10.1. The molecule has 0 atom stereocenters. The van der Waals surface area contributed by atoms with E-state index < -0.39 is 9.84 Å². The first kappa shape index (κ1) is 16.5. The third-order valence-corrected chi connectivity index (χ3v) is 5.79.